The highest BCUT2D eigenvalue weighted by Crippen LogP contribution is 2.16. The van der Waals surface area contributed by atoms with Crippen LogP contribution in [0.3, 0.4) is 0 Å². The van der Waals surface area contributed by atoms with Gasteiger partial charge in [0.15, 0.2) is 0 Å². The van der Waals surface area contributed by atoms with Crippen molar-refractivity contribution in [3.05, 3.63) is 72.1 Å². The normalized spacial score (nSPS) is 13.9. The molecule has 2 aromatic rings. The number of hydrogen-bond acceptors (Lipinski definition) is 4. The van der Waals surface area contributed by atoms with Crippen LogP contribution in [0.1, 0.15) is 17.5 Å². The Balaban J connectivity index is 1.57. The van der Waals surface area contributed by atoms with E-state index in [1.165, 1.54) is 5.01 Å². The summed E-state index contributed by atoms with van der Waals surface area (Å²) in [5.74, 6) is -0.361. The Bertz CT molecular complexity index is 744. The summed E-state index contributed by atoms with van der Waals surface area (Å²) < 4.78 is 0. The lowest BCUT2D eigenvalue weighted by Gasteiger charge is -2.28. The number of hydrogen-bond donors (Lipinski definition) is 2. The summed E-state index contributed by atoms with van der Waals surface area (Å²) in [7, 11) is 0. The highest BCUT2D eigenvalue weighted by Gasteiger charge is 2.21. The van der Waals surface area contributed by atoms with Crippen LogP contribution in [0.25, 0.3) is 5.70 Å². The van der Waals surface area contributed by atoms with Crippen LogP contribution in [0.15, 0.2) is 60.9 Å². The van der Waals surface area contributed by atoms with Crippen molar-refractivity contribution >= 4 is 17.5 Å². The standard InChI is InChI=1S/C18H18N4O2/c23-17(20-12-14-5-4-10-19-11-14)13-22-18(24)9-8-16(21-22)15-6-2-1-3-7-15/h1-8,10-11,21H,9,12-13H2,(H,20,23). The molecule has 0 saturated heterocycles. The maximum Gasteiger partial charge on any atom is 0.245 e. The monoisotopic (exact) mass is 322 g/mol. The van der Waals surface area contributed by atoms with Gasteiger partial charge in [0.1, 0.15) is 6.54 Å². The van der Waals surface area contributed by atoms with Crippen molar-refractivity contribution in [2.24, 2.45) is 0 Å². The summed E-state index contributed by atoms with van der Waals surface area (Å²) in [4.78, 5) is 28.1. The predicted molar refractivity (Wildman–Crippen MR) is 90.0 cm³/mol. The maximum absolute atomic E-state index is 12.1. The molecule has 2 N–H and O–H groups in total. The van der Waals surface area contributed by atoms with Crippen LogP contribution in [0.2, 0.25) is 0 Å². The molecule has 0 aliphatic carbocycles. The van der Waals surface area contributed by atoms with E-state index >= 15 is 0 Å². The van der Waals surface area contributed by atoms with Crippen molar-refractivity contribution in [2.75, 3.05) is 6.54 Å². The fourth-order valence-electron chi connectivity index (χ4n) is 2.38. The molecule has 0 spiro atoms. The molecule has 0 fully saturated rings. The van der Waals surface area contributed by atoms with Crippen molar-refractivity contribution in [1.29, 1.82) is 0 Å². The highest BCUT2D eigenvalue weighted by molar-refractivity contribution is 5.88. The van der Waals surface area contributed by atoms with Gasteiger partial charge in [0.25, 0.3) is 0 Å². The first-order valence-corrected chi connectivity index (χ1v) is 7.70. The number of pyridine rings is 1. The summed E-state index contributed by atoms with van der Waals surface area (Å²) in [6.07, 6.45) is 5.48. The van der Waals surface area contributed by atoms with E-state index < -0.39 is 0 Å². The van der Waals surface area contributed by atoms with Crippen molar-refractivity contribution in [2.45, 2.75) is 13.0 Å². The quantitative estimate of drug-likeness (QED) is 0.874. The van der Waals surface area contributed by atoms with E-state index in [1.54, 1.807) is 12.4 Å². The molecule has 6 nitrogen and oxygen atoms in total. The van der Waals surface area contributed by atoms with Gasteiger partial charge in [0.2, 0.25) is 11.8 Å². The predicted octanol–water partition coefficient (Wildman–Crippen LogP) is 1.48. The van der Waals surface area contributed by atoms with Gasteiger partial charge in [-0.15, -0.1) is 0 Å². The molecule has 1 aliphatic rings. The van der Waals surface area contributed by atoms with Crippen molar-refractivity contribution in [1.82, 2.24) is 20.7 Å². The molecule has 2 heterocycles. The lowest BCUT2D eigenvalue weighted by Crippen LogP contribution is -2.49. The topological polar surface area (TPSA) is 74.3 Å². The highest BCUT2D eigenvalue weighted by atomic mass is 16.2. The number of nitrogens with zero attached hydrogens (tertiary/aromatic N) is 2. The molecule has 0 radical (unpaired) electrons. The first-order chi connectivity index (χ1) is 11.7. The van der Waals surface area contributed by atoms with Crippen LogP contribution in [0, 0.1) is 0 Å². The molecule has 1 aromatic carbocycles. The van der Waals surface area contributed by atoms with Crippen LogP contribution >= 0.6 is 0 Å². The number of hydrazine groups is 1. The molecular formula is C18H18N4O2. The van der Waals surface area contributed by atoms with Gasteiger partial charge in [-0.2, -0.15) is 0 Å². The summed E-state index contributed by atoms with van der Waals surface area (Å²) >= 11 is 0. The molecule has 0 unspecified atom stereocenters. The molecule has 0 atom stereocenters. The van der Waals surface area contributed by atoms with E-state index in [-0.39, 0.29) is 24.8 Å². The van der Waals surface area contributed by atoms with E-state index in [0.717, 1.165) is 16.8 Å². The first-order valence-electron chi connectivity index (χ1n) is 7.70. The van der Waals surface area contributed by atoms with Gasteiger partial charge in [0.05, 0.1) is 5.70 Å². The minimum atomic E-state index is -0.228. The average molecular weight is 322 g/mol. The van der Waals surface area contributed by atoms with E-state index in [1.807, 2.05) is 48.5 Å². The van der Waals surface area contributed by atoms with E-state index in [0.29, 0.717) is 6.54 Å². The number of carbonyl (C=O) groups excluding carboxylic acids is 2. The minimum Gasteiger partial charge on any atom is -0.350 e. The van der Waals surface area contributed by atoms with Crippen LogP contribution in [0.4, 0.5) is 0 Å². The van der Waals surface area contributed by atoms with Gasteiger partial charge in [0, 0.05) is 25.4 Å². The largest absolute Gasteiger partial charge is 0.350 e. The van der Waals surface area contributed by atoms with Gasteiger partial charge in [-0.25, -0.2) is 5.01 Å². The molecule has 1 aliphatic heterocycles. The zero-order chi connectivity index (χ0) is 16.8. The Morgan fingerprint density at radius 3 is 2.79 bits per heavy atom. The van der Waals surface area contributed by atoms with E-state index in [2.05, 4.69) is 15.7 Å². The number of rotatable bonds is 5. The van der Waals surface area contributed by atoms with Crippen LogP contribution < -0.4 is 10.7 Å². The maximum atomic E-state index is 12.1. The summed E-state index contributed by atoms with van der Waals surface area (Å²) in [6, 6.07) is 13.4. The molecule has 0 bridgehead atoms. The lowest BCUT2D eigenvalue weighted by atomic mass is 10.1. The van der Waals surface area contributed by atoms with Crippen LogP contribution in [-0.4, -0.2) is 28.4 Å². The summed E-state index contributed by atoms with van der Waals surface area (Å²) in [5.41, 5.74) is 5.74. The zero-order valence-electron chi connectivity index (χ0n) is 13.1. The molecule has 0 saturated carbocycles. The lowest BCUT2D eigenvalue weighted by molar-refractivity contribution is -0.137. The molecular weight excluding hydrogens is 304 g/mol. The first kappa shape index (κ1) is 15.7. The van der Waals surface area contributed by atoms with E-state index in [4.69, 9.17) is 0 Å². The third kappa shape index (κ3) is 3.98. The second kappa shape index (κ2) is 7.41. The number of benzene rings is 1. The van der Waals surface area contributed by atoms with Crippen LogP contribution in [-0.2, 0) is 16.1 Å². The Kier molecular flexibility index (Phi) is 4.86. The summed E-state index contributed by atoms with van der Waals surface area (Å²) in [5, 5.41) is 4.14. The fourth-order valence-corrected chi connectivity index (χ4v) is 2.38. The average Bonchev–Trinajstić information content (AvgIpc) is 2.63. The van der Waals surface area contributed by atoms with Crippen molar-refractivity contribution in [3.8, 4) is 0 Å². The van der Waals surface area contributed by atoms with Crippen molar-refractivity contribution in [3.63, 3.8) is 0 Å². The third-order valence-corrected chi connectivity index (χ3v) is 3.64. The van der Waals surface area contributed by atoms with Gasteiger partial charge in [-0.05, 0) is 23.3 Å². The van der Waals surface area contributed by atoms with Gasteiger partial charge >= 0.3 is 0 Å². The second-order valence-corrected chi connectivity index (χ2v) is 5.42. The Hall–Kier alpha value is -3.15. The number of amides is 2. The molecule has 2 amide bonds. The molecule has 6 heteroatoms. The van der Waals surface area contributed by atoms with Crippen LogP contribution in [0.5, 0.6) is 0 Å². The molecule has 3 rings (SSSR count). The minimum absolute atomic E-state index is 0.0384. The Labute approximate surface area is 140 Å². The number of nitrogens with one attached hydrogen (secondary N) is 2. The number of carbonyl (C=O) groups is 2. The third-order valence-electron chi connectivity index (χ3n) is 3.64. The Morgan fingerprint density at radius 2 is 2.04 bits per heavy atom. The van der Waals surface area contributed by atoms with Gasteiger partial charge < -0.3 is 5.32 Å². The molecule has 24 heavy (non-hydrogen) atoms. The fraction of sp³-hybridized carbons (Fsp3) is 0.167. The summed E-state index contributed by atoms with van der Waals surface area (Å²) in [6.45, 7) is 0.347. The molecule has 1 aromatic heterocycles. The smallest absolute Gasteiger partial charge is 0.245 e. The second-order valence-electron chi connectivity index (χ2n) is 5.42. The van der Waals surface area contributed by atoms with Gasteiger partial charge in [-0.3, -0.25) is 20.0 Å². The van der Waals surface area contributed by atoms with Gasteiger partial charge in [-0.1, -0.05) is 36.4 Å². The number of aromatic nitrogens is 1. The zero-order valence-corrected chi connectivity index (χ0v) is 13.1. The SMILES string of the molecule is O=C(CN1NC(c2ccccc2)=CCC1=O)NCc1cccnc1. The molecule has 122 valence electrons. The Morgan fingerprint density at radius 1 is 1.21 bits per heavy atom. The van der Waals surface area contributed by atoms with Crippen molar-refractivity contribution < 1.29 is 9.59 Å². The van der Waals surface area contributed by atoms with E-state index in [9.17, 15) is 9.59 Å².